The van der Waals surface area contributed by atoms with Crippen molar-refractivity contribution in [2.24, 2.45) is 0 Å². The van der Waals surface area contributed by atoms with Crippen molar-refractivity contribution in [1.29, 1.82) is 0 Å². The maximum atomic E-state index is 14.2. The molecule has 3 heterocycles. The first-order valence-corrected chi connectivity index (χ1v) is 11.8. The third-order valence-electron chi connectivity index (χ3n) is 6.89. The predicted molar refractivity (Wildman–Crippen MR) is 129 cm³/mol. The lowest BCUT2D eigenvalue weighted by Crippen LogP contribution is -2.53. The molecule has 3 N–H and O–H groups in total. The zero-order valence-corrected chi connectivity index (χ0v) is 20.2. The van der Waals surface area contributed by atoms with Crippen molar-refractivity contribution in [3.63, 3.8) is 0 Å². The Balaban J connectivity index is 1.61. The smallest absolute Gasteiger partial charge is 0.328 e. The Bertz CT molecular complexity index is 1330. The van der Waals surface area contributed by atoms with Crippen molar-refractivity contribution in [1.82, 2.24) is 20.1 Å². The molecule has 2 aliphatic rings. The number of aromatic hydroxyl groups is 1. The number of nitrogens with one attached hydrogen (secondary N) is 2. The summed E-state index contributed by atoms with van der Waals surface area (Å²) in [6.07, 6.45) is 0.248. The zero-order valence-electron chi connectivity index (χ0n) is 19.4. The average molecular weight is 501 g/mol. The van der Waals surface area contributed by atoms with Crippen LogP contribution in [0.25, 0.3) is 10.9 Å². The highest BCUT2D eigenvalue weighted by atomic mass is 35.5. The predicted octanol–water partition coefficient (Wildman–Crippen LogP) is 3.57. The van der Waals surface area contributed by atoms with Gasteiger partial charge in [0.2, 0.25) is 0 Å². The topological polar surface area (TPSA) is 97.9 Å². The van der Waals surface area contributed by atoms with Crippen LogP contribution in [0.1, 0.15) is 29.8 Å². The van der Waals surface area contributed by atoms with Crippen LogP contribution in [-0.4, -0.2) is 70.7 Å². The molecule has 2 unspecified atom stereocenters. The third-order valence-corrected chi connectivity index (χ3v) is 7.18. The zero-order chi connectivity index (χ0) is 24.9. The molecule has 3 amide bonds. The number of hydrogen-bond acceptors (Lipinski definition) is 5. The number of H-pyrrole nitrogens is 1. The van der Waals surface area contributed by atoms with E-state index < -0.39 is 23.4 Å². The highest BCUT2D eigenvalue weighted by Gasteiger charge is 2.60. The van der Waals surface area contributed by atoms with Crippen LogP contribution < -0.4 is 5.32 Å². The molecule has 2 atom stereocenters. The fourth-order valence-corrected chi connectivity index (χ4v) is 5.40. The van der Waals surface area contributed by atoms with Crippen LogP contribution in [0.5, 0.6) is 5.75 Å². The molecule has 184 valence electrons. The van der Waals surface area contributed by atoms with E-state index in [0.717, 1.165) is 5.56 Å². The Labute approximate surface area is 206 Å². The van der Waals surface area contributed by atoms with Gasteiger partial charge in [0, 0.05) is 49.8 Å². The van der Waals surface area contributed by atoms with Gasteiger partial charge >= 0.3 is 6.03 Å². The number of methoxy groups -OCH3 is 1. The molecule has 8 nitrogen and oxygen atoms in total. The number of amides is 3. The number of imide groups is 1. The monoisotopic (exact) mass is 500 g/mol. The molecule has 1 aromatic heterocycles. The number of aromatic amines is 1. The van der Waals surface area contributed by atoms with Gasteiger partial charge in [-0.25, -0.2) is 9.18 Å². The van der Waals surface area contributed by atoms with Gasteiger partial charge in [0.25, 0.3) is 5.91 Å². The van der Waals surface area contributed by atoms with E-state index in [4.69, 9.17) is 16.3 Å². The van der Waals surface area contributed by atoms with E-state index in [1.165, 1.54) is 11.0 Å². The molecule has 0 spiro atoms. The van der Waals surface area contributed by atoms with Crippen LogP contribution in [0, 0.1) is 5.82 Å². The molecule has 0 radical (unpaired) electrons. The minimum Gasteiger partial charge on any atom is -0.508 e. The van der Waals surface area contributed by atoms with Crippen LogP contribution >= 0.6 is 11.6 Å². The van der Waals surface area contributed by atoms with E-state index in [-0.39, 0.29) is 29.6 Å². The van der Waals surface area contributed by atoms with E-state index >= 15 is 0 Å². The van der Waals surface area contributed by atoms with Crippen LogP contribution in [-0.2, 0) is 16.0 Å². The molecular weight excluding hydrogens is 475 g/mol. The molecule has 0 saturated carbocycles. The van der Waals surface area contributed by atoms with Crippen molar-refractivity contribution in [2.75, 3.05) is 33.4 Å². The molecule has 35 heavy (non-hydrogen) atoms. The van der Waals surface area contributed by atoms with Gasteiger partial charge in [-0.1, -0.05) is 23.7 Å². The fourth-order valence-electron chi connectivity index (χ4n) is 5.24. The highest BCUT2D eigenvalue weighted by molar-refractivity contribution is 6.31. The minimum atomic E-state index is -1.16. The second-order valence-electron chi connectivity index (χ2n) is 9.13. The second kappa shape index (κ2) is 8.82. The van der Waals surface area contributed by atoms with Gasteiger partial charge in [-0.05, 0) is 42.3 Å². The van der Waals surface area contributed by atoms with Crippen LogP contribution in [0.4, 0.5) is 9.18 Å². The Kier molecular flexibility index (Phi) is 5.94. The maximum Gasteiger partial charge on any atom is 0.328 e. The average Bonchev–Trinajstić information content (AvgIpc) is 3.24. The van der Waals surface area contributed by atoms with Gasteiger partial charge in [-0.15, -0.1) is 0 Å². The maximum absolute atomic E-state index is 14.2. The Hall–Kier alpha value is -3.14. The molecule has 5 rings (SSSR count). The molecule has 2 aliphatic heterocycles. The number of aromatic nitrogens is 1. The lowest BCUT2D eigenvalue weighted by Gasteiger charge is -2.42. The minimum absolute atomic E-state index is 0.0154. The van der Waals surface area contributed by atoms with Crippen LogP contribution in [0.3, 0.4) is 0 Å². The number of ether oxygens (including phenoxy) is 1. The normalized spacial score (nSPS) is 21.7. The molecule has 3 aromatic rings. The summed E-state index contributed by atoms with van der Waals surface area (Å²) in [6.45, 7) is 3.54. The van der Waals surface area contributed by atoms with Gasteiger partial charge in [0.15, 0.2) is 0 Å². The fraction of sp³-hybridized carbons (Fsp3) is 0.360. The summed E-state index contributed by atoms with van der Waals surface area (Å²) >= 11 is 6.10. The third kappa shape index (κ3) is 3.74. The highest BCUT2D eigenvalue weighted by Crippen LogP contribution is 2.49. The first-order valence-electron chi connectivity index (χ1n) is 11.4. The number of nitrogens with zero attached hydrogens (tertiary/aromatic N) is 2. The summed E-state index contributed by atoms with van der Waals surface area (Å²) < 4.78 is 19.3. The van der Waals surface area contributed by atoms with Gasteiger partial charge in [0.05, 0.1) is 11.6 Å². The Morgan fingerprint density at radius 1 is 1.29 bits per heavy atom. The summed E-state index contributed by atoms with van der Waals surface area (Å²) in [5.41, 5.74) is 1.48. The number of phenolic OH excluding ortho intramolecular Hbond substituents is 1. The number of carbonyl (C=O) groups is 2. The van der Waals surface area contributed by atoms with Gasteiger partial charge in [0.1, 0.15) is 23.1 Å². The number of urea groups is 1. The first kappa shape index (κ1) is 23.6. The SMILES string of the molecule is COCCNCCN1C(=O)N2C(c3cccc(O)c3)c3[nH]c4cc(F)c(Cl)cc4c3CC2(C)C1=O. The molecule has 10 heteroatoms. The summed E-state index contributed by atoms with van der Waals surface area (Å²) in [6, 6.07) is 8.39. The van der Waals surface area contributed by atoms with Crippen molar-refractivity contribution in [3.8, 4) is 5.75 Å². The molecular formula is C25H26ClFN4O4. The standard InChI is InChI=1S/C25H26ClFN4O4/c1-25-13-17-16-11-18(26)19(27)12-20(16)29-21(17)22(14-4-3-5-15(32)10-14)31(25)24(34)30(23(25)33)8-6-28-7-9-35-2/h3-5,10-12,22,28-29,32H,6-9,13H2,1-2H3. The van der Waals surface area contributed by atoms with E-state index in [1.807, 2.05) is 0 Å². The summed E-state index contributed by atoms with van der Waals surface area (Å²) in [4.78, 5) is 33.5. The first-order chi connectivity index (χ1) is 16.8. The molecule has 1 saturated heterocycles. The Morgan fingerprint density at radius 2 is 2.09 bits per heavy atom. The van der Waals surface area contributed by atoms with Crippen molar-refractivity contribution in [2.45, 2.75) is 24.9 Å². The molecule has 0 bridgehead atoms. The van der Waals surface area contributed by atoms with E-state index in [1.54, 1.807) is 49.3 Å². The van der Waals surface area contributed by atoms with Crippen LogP contribution in [0.2, 0.25) is 5.02 Å². The largest absolute Gasteiger partial charge is 0.508 e. The van der Waals surface area contributed by atoms with Gasteiger partial charge in [-0.3, -0.25) is 14.6 Å². The summed E-state index contributed by atoms with van der Waals surface area (Å²) in [5, 5.41) is 14.0. The number of rotatable bonds is 7. The quantitative estimate of drug-likeness (QED) is 0.340. The number of hydrogen-bond donors (Lipinski definition) is 3. The van der Waals surface area contributed by atoms with Gasteiger partial charge < -0.3 is 20.1 Å². The molecule has 0 aliphatic carbocycles. The van der Waals surface area contributed by atoms with Crippen molar-refractivity contribution in [3.05, 3.63) is 64.1 Å². The molecule has 2 aromatic carbocycles. The Morgan fingerprint density at radius 3 is 2.83 bits per heavy atom. The number of fused-ring (bicyclic) bond motifs is 4. The molecule has 1 fully saturated rings. The second-order valence-corrected chi connectivity index (χ2v) is 9.54. The number of phenols is 1. The number of carbonyl (C=O) groups excluding carboxylic acids is 2. The summed E-state index contributed by atoms with van der Waals surface area (Å²) in [7, 11) is 1.61. The van der Waals surface area contributed by atoms with E-state index in [0.29, 0.717) is 41.9 Å². The number of benzene rings is 2. The summed E-state index contributed by atoms with van der Waals surface area (Å²) in [5.74, 6) is -0.814. The van der Waals surface area contributed by atoms with Crippen molar-refractivity contribution < 1.29 is 23.8 Å². The van der Waals surface area contributed by atoms with E-state index in [9.17, 15) is 19.1 Å². The number of halogens is 2. The van der Waals surface area contributed by atoms with Crippen LogP contribution in [0.15, 0.2) is 36.4 Å². The van der Waals surface area contributed by atoms with E-state index in [2.05, 4.69) is 10.3 Å². The lowest BCUT2D eigenvalue weighted by molar-refractivity contribution is -0.133. The van der Waals surface area contributed by atoms with Gasteiger partial charge in [-0.2, -0.15) is 0 Å². The lowest BCUT2D eigenvalue weighted by atomic mass is 9.81. The van der Waals surface area contributed by atoms with Crippen molar-refractivity contribution >= 4 is 34.4 Å².